The Morgan fingerprint density at radius 2 is 1.81 bits per heavy atom. The minimum absolute atomic E-state index is 0.0336. The predicted octanol–water partition coefficient (Wildman–Crippen LogP) is 2.73. The van der Waals surface area contributed by atoms with Crippen LogP contribution < -0.4 is 5.73 Å². The van der Waals surface area contributed by atoms with Crippen molar-refractivity contribution in [3.05, 3.63) is 5.89 Å². The molecule has 0 aliphatic heterocycles. The zero-order valence-corrected chi connectivity index (χ0v) is 11.2. The number of hydrogen-bond acceptors (Lipinski definition) is 4. The van der Waals surface area contributed by atoms with Crippen molar-refractivity contribution in [1.29, 1.82) is 0 Å². The molecule has 90 valence electrons. The first kappa shape index (κ1) is 13.5. The van der Waals surface area contributed by atoms with E-state index in [1.54, 1.807) is 0 Å². The van der Waals surface area contributed by atoms with E-state index >= 15 is 0 Å². The highest BCUT2D eigenvalue weighted by Gasteiger charge is 2.27. The number of nitrogens with zero attached hydrogens (tertiary/aromatic N) is 3. The molecule has 0 bridgehead atoms. The minimum Gasteiger partial charge on any atom is -0.406 e. The maximum absolute atomic E-state index is 5.52. The summed E-state index contributed by atoms with van der Waals surface area (Å²) in [6.07, 6.45) is 0. The lowest BCUT2D eigenvalue weighted by atomic mass is 9.97. The number of halogens is 3. The predicted molar refractivity (Wildman–Crippen MR) is 64.6 cm³/mol. The van der Waals surface area contributed by atoms with Crippen LogP contribution in [0, 0.1) is 0 Å². The van der Waals surface area contributed by atoms with Gasteiger partial charge >= 0.3 is 6.01 Å². The van der Waals surface area contributed by atoms with Crippen LogP contribution in [0.15, 0.2) is 9.41 Å². The van der Waals surface area contributed by atoms with Crippen LogP contribution in [-0.4, -0.2) is 19.8 Å². The van der Waals surface area contributed by atoms with Crippen molar-refractivity contribution in [1.82, 2.24) is 10.2 Å². The maximum Gasteiger partial charge on any atom is 0.344 e. The Morgan fingerprint density at radius 1 is 1.25 bits per heavy atom. The third kappa shape index (κ3) is 3.50. The molecule has 0 aliphatic rings. The number of hydrogen-bond donors (Lipinski definition) is 1. The fraction of sp³-hybridized carbons (Fsp3) is 0.625. The van der Waals surface area contributed by atoms with E-state index < -0.39 is 3.79 Å². The Kier molecular flexibility index (Phi) is 3.72. The molecule has 0 fully saturated rings. The molecule has 0 radical (unpaired) electrons. The molecule has 0 unspecified atom stereocenters. The number of amidine groups is 1. The quantitative estimate of drug-likeness (QED) is 0.489. The molecule has 0 amide bonds. The van der Waals surface area contributed by atoms with Crippen LogP contribution in [0.1, 0.15) is 26.7 Å². The Hall–Kier alpha value is -0.520. The highest BCUT2D eigenvalue weighted by Crippen LogP contribution is 2.28. The van der Waals surface area contributed by atoms with Gasteiger partial charge in [-0.1, -0.05) is 60.7 Å². The molecule has 16 heavy (non-hydrogen) atoms. The largest absolute Gasteiger partial charge is 0.406 e. The van der Waals surface area contributed by atoms with E-state index in [0.717, 1.165) is 0 Å². The second-order valence-electron chi connectivity index (χ2n) is 4.13. The number of aromatic nitrogens is 2. The smallest absolute Gasteiger partial charge is 0.344 e. The topological polar surface area (TPSA) is 77.3 Å². The Morgan fingerprint density at radius 3 is 2.19 bits per heavy atom. The van der Waals surface area contributed by atoms with Crippen LogP contribution in [0.5, 0.6) is 0 Å². The van der Waals surface area contributed by atoms with Gasteiger partial charge < -0.3 is 10.2 Å². The summed E-state index contributed by atoms with van der Waals surface area (Å²) in [5, 5.41) is 7.49. The number of alkyl halides is 3. The average Bonchev–Trinajstić information content (AvgIpc) is 2.49. The molecule has 0 spiro atoms. The summed E-state index contributed by atoms with van der Waals surface area (Å²) in [7, 11) is 0. The van der Waals surface area contributed by atoms with Crippen molar-refractivity contribution in [3.8, 4) is 0 Å². The van der Waals surface area contributed by atoms with Crippen molar-refractivity contribution < 1.29 is 4.42 Å². The van der Waals surface area contributed by atoms with Crippen LogP contribution >= 0.6 is 34.8 Å². The minimum atomic E-state index is -1.78. The Balaban J connectivity index is 2.97. The lowest BCUT2D eigenvalue weighted by molar-refractivity contribution is 0.398. The van der Waals surface area contributed by atoms with Gasteiger partial charge in [-0.05, 0) is 0 Å². The van der Waals surface area contributed by atoms with E-state index in [9.17, 15) is 0 Å². The van der Waals surface area contributed by atoms with Gasteiger partial charge in [0, 0.05) is 5.41 Å². The van der Waals surface area contributed by atoms with Gasteiger partial charge in [-0.25, -0.2) is 0 Å². The normalized spacial score (nSPS) is 14.2. The van der Waals surface area contributed by atoms with Crippen LogP contribution in [0.25, 0.3) is 0 Å². The van der Waals surface area contributed by atoms with Gasteiger partial charge in [-0.3, -0.25) is 0 Å². The summed E-state index contributed by atoms with van der Waals surface area (Å²) in [6.45, 7) is 5.77. The second-order valence-corrected chi connectivity index (χ2v) is 6.42. The van der Waals surface area contributed by atoms with Crippen molar-refractivity contribution in [3.63, 3.8) is 0 Å². The zero-order chi connectivity index (χ0) is 12.6. The van der Waals surface area contributed by atoms with Gasteiger partial charge in [-0.2, -0.15) is 4.99 Å². The van der Waals surface area contributed by atoms with E-state index in [4.69, 9.17) is 45.0 Å². The zero-order valence-electron chi connectivity index (χ0n) is 8.96. The van der Waals surface area contributed by atoms with Crippen molar-refractivity contribution in [2.24, 2.45) is 10.7 Å². The van der Waals surface area contributed by atoms with Gasteiger partial charge in [0.25, 0.3) is 0 Å². The van der Waals surface area contributed by atoms with Crippen molar-refractivity contribution in [2.75, 3.05) is 0 Å². The Bertz CT molecular complexity index is 402. The lowest BCUT2D eigenvalue weighted by Gasteiger charge is -2.10. The maximum atomic E-state index is 5.52. The summed E-state index contributed by atoms with van der Waals surface area (Å²) in [6, 6.07) is -0.0336. The summed E-state index contributed by atoms with van der Waals surface area (Å²) in [5.41, 5.74) is 5.16. The van der Waals surface area contributed by atoms with Crippen LogP contribution in [0.3, 0.4) is 0 Å². The standard InChI is InChI=1S/C8H11Cl3N4O/c1-7(2,3)5-14-15-6(16-5)13-4(12)8(9,10)11/h1-3H3,(H2,12,13,15). The van der Waals surface area contributed by atoms with Crippen LogP contribution in [0.4, 0.5) is 6.01 Å². The molecular weight excluding hydrogens is 274 g/mol. The second kappa shape index (κ2) is 4.39. The fourth-order valence-corrected chi connectivity index (χ4v) is 0.857. The molecule has 0 aliphatic carbocycles. The fourth-order valence-electron chi connectivity index (χ4n) is 0.730. The van der Waals surface area contributed by atoms with Gasteiger partial charge in [-0.15, -0.1) is 5.10 Å². The molecule has 5 nitrogen and oxygen atoms in total. The van der Waals surface area contributed by atoms with E-state index in [2.05, 4.69) is 15.2 Å². The third-order valence-corrected chi connectivity index (χ3v) is 2.14. The van der Waals surface area contributed by atoms with Gasteiger partial charge in [0.1, 0.15) is 0 Å². The molecule has 1 rings (SSSR count). The molecular formula is C8H11Cl3N4O. The van der Waals surface area contributed by atoms with Crippen LogP contribution in [0.2, 0.25) is 0 Å². The number of aliphatic imine (C=N–C) groups is 1. The molecule has 1 aromatic heterocycles. The van der Waals surface area contributed by atoms with Gasteiger partial charge in [0.15, 0.2) is 5.84 Å². The highest BCUT2D eigenvalue weighted by molar-refractivity contribution is 6.76. The molecule has 8 heteroatoms. The van der Waals surface area contributed by atoms with E-state index in [-0.39, 0.29) is 17.3 Å². The molecule has 1 aromatic rings. The van der Waals surface area contributed by atoms with Crippen LogP contribution in [-0.2, 0) is 5.41 Å². The Labute approximate surface area is 108 Å². The average molecular weight is 286 g/mol. The van der Waals surface area contributed by atoms with Crippen molar-refractivity contribution >= 4 is 46.7 Å². The van der Waals surface area contributed by atoms with E-state index in [1.807, 2.05) is 20.8 Å². The first-order valence-corrected chi connectivity index (χ1v) is 5.49. The van der Waals surface area contributed by atoms with Gasteiger partial charge in [0.2, 0.25) is 9.68 Å². The van der Waals surface area contributed by atoms with Crippen molar-refractivity contribution in [2.45, 2.75) is 30.0 Å². The molecule has 0 aromatic carbocycles. The summed E-state index contributed by atoms with van der Waals surface area (Å²) >= 11 is 16.5. The van der Waals surface area contributed by atoms with E-state index in [1.165, 1.54) is 0 Å². The van der Waals surface area contributed by atoms with Gasteiger partial charge in [0.05, 0.1) is 0 Å². The molecule has 0 saturated carbocycles. The first-order chi connectivity index (χ1) is 7.10. The summed E-state index contributed by atoms with van der Waals surface area (Å²) < 4.78 is 3.47. The highest BCUT2D eigenvalue weighted by atomic mass is 35.6. The SMILES string of the molecule is CC(C)(C)c1nnc(/N=C(\N)C(Cl)(Cl)Cl)o1. The molecule has 0 atom stereocenters. The summed E-state index contributed by atoms with van der Waals surface area (Å²) in [5.74, 6) is 0.213. The lowest BCUT2D eigenvalue weighted by Crippen LogP contribution is -2.27. The monoisotopic (exact) mass is 284 g/mol. The molecule has 2 N–H and O–H groups in total. The number of rotatable bonds is 1. The number of nitrogens with two attached hydrogens (primary N) is 1. The molecule has 0 saturated heterocycles. The summed E-state index contributed by atoms with van der Waals surface area (Å²) in [4.78, 5) is 3.72. The molecule has 1 heterocycles. The first-order valence-electron chi connectivity index (χ1n) is 4.36. The van der Waals surface area contributed by atoms with E-state index in [0.29, 0.717) is 5.89 Å². The third-order valence-electron chi connectivity index (χ3n) is 1.56.